The van der Waals surface area contributed by atoms with Crippen molar-refractivity contribution in [2.24, 2.45) is 5.41 Å². The molecule has 0 aliphatic rings. The van der Waals surface area contributed by atoms with Crippen molar-refractivity contribution in [3.63, 3.8) is 0 Å². The first-order valence-electron chi connectivity index (χ1n) is 3.62. The topological polar surface area (TPSA) is 183 Å². The minimum atomic E-state index is -2.63. The van der Waals surface area contributed by atoms with Crippen LogP contribution in [0.4, 0.5) is 0 Å². The van der Waals surface area contributed by atoms with E-state index < -0.39 is 32.4 Å². The Labute approximate surface area is 156 Å². The van der Waals surface area contributed by atoms with Crippen molar-refractivity contribution in [1.82, 2.24) is 0 Å². The Morgan fingerprint density at radius 3 is 1.63 bits per heavy atom. The summed E-state index contributed by atoms with van der Waals surface area (Å²) in [5.41, 5.74) is -2.63. The van der Waals surface area contributed by atoms with Gasteiger partial charge in [0.1, 0.15) is 30.3 Å². The van der Waals surface area contributed by atoms with E-state index >= 15 is 0 Å². The zero-order valence-electron chi connectivity index (χ0n) is 9.32. The van der Waals surface area contributed by atoms with Crippen LogP contribution < -0.4 is 51.4 Å². The van der Waals surface area contributed by atoms with E-state index in [9.17, 15) is 4.79 Å². The molecule has 9 nitrogen and oxygen atoms in total. The second-order valence-electron chi connectivity index (χ2n) is 2.19. The standard InChI is InChI=1S/C8HN5O2.Co.K.H2O.O/c9-1-6(2-10)15-7(14)8(3-11,4-12)5-13;;;;/h6H;;;1H2;/q;;+1;;/p-1. The first-order chi connectivity index (χ1) is 8.51. The van der Waals surface area contributed by atoms with Crippen molar-refractivity contribution >= 4 is 5.97 Å². The normalized spacial score (nSPS) is 7.84. The van der Waals surface area contributed by atoms with Crippen LogP contribution in [-0.4, -0.2) is 16.3 Å². The molecule has 0 heterocycles. The Morgan fingerprint density at radius 2 is 1.42 bits per heavy atom. The maximum absolute atomic E-state index is 11.1. The van der Waals surface area contributed by atoms with Crippen LogP contribution in [0.1, 0.15) is 0 Å². The summed E-state index contributed by atoms with van der Waals surface area (Å²) in [5.74, 6) is -1.52. The molecule has 19 heavy (non-hydrogen) atoms. The van der Waals surface area contributed by atoms with Gasteiger partial charge in [-0.25, -0.2) is 4.79 Å². The number of carbonyl (C=O) groups is 1. The van der Waals surface area contributed by atoms with Crippen molar-refractivity contribution in [1.29, 1.82) is 26.3 Å². The molecule has 0 bridgehead atoms. The van der Waals surface area contributed by atoms with Gasteiger partial charge in [-0.15, -0.1) is 0 Å². The number of hydrogen-bond acceptors (Lipinski definition) is 8. The number of esters is 1. The van der Waals surface area contributed by atoms with Crippen molar-refractivity contribution in [2.75, 3.05) is 0 Å². The third-order valence-corrected chi connectivity index (χ3v) is 1.27. The summed E-state index contributed by atoms with van der Waals surface area (Å²) in [5, 5.41) is 41.9. The van der Waals surface area contributed by atoms with Crippen LogP contribution in [0.2, 0.25) is 0 Å². The Kier molecular flexibility index (Phi) is 16.0. The van der Waals surface area contributed by atoms with Crippen LogP contribution in [-0.2, 0) is 28.3 Å². The molecule has 0 amide bonds. The molecule has 93 valence electrons. The summed E-state index contributed by atoms with van der Waals surface area (Å²) >= 11 is -0.812. The average molecular weight is 330 g/mol. The van der Waals surface area contributed by atoms with E-state index in [0.717, 1.165) is 18.2 Å². The minimum absolute atomic E-state index is 0. The number of nitrogens with zero attached hydrogens (tertiary/aromatic N) is 5. The van der Waals surface area contributed by atoms with Gasteiger partial charge in [0.25, 0.3) is 6.10 Å². The fraction of sp³-hybridized carbons (Fsp3) is 0.250. The van der Waals surface area contributed by atoms with Gasteiger partial charge in [-0.05, 0) is 0 Å². The fourth-order valence-corrected chi connectivity index (χ4v) is 0.489. The molecule has 0 rings (SSSR count). The van der Waals surface area contributed by atoms with Crippen LogP contribution in [0.25, 0.3) is 0 Å². The summed E-state index contributed by atoms with van der Waals surface area (Å²) in [6, 6.07) is 6.05. The van der Waals surface area contributed by atoms with E-state index in [1.54, 1.807) is 0 Å². The summed E-state index contributed by atoms with van der Waals surface area (Å²) in [6.45, 7) is 0. The summed E-state index contributed by atoms with van der Waals surface area (Å²) < 4.78 is 19.6. The number of rotatable bonds is 2. The molecule has 0 aromatic carbocycles. The molecular formula is C8H2CoKN5O4. The molecule has 0 atom stereocenters. The van der Waals surface area contributed by atoms with Crippen LogP contribution in [0, 0.1) is 62.1 Å². The predicted octanol–water partition coefficient (Wildman–Crippen LogP) is -4.17. The molecule has 0 fully saturated rings. The summed E-state index contributed by atoms with van der Waals surface area (Å²) in [6.07, 6.45) is -1.74. The van der Waals surface area contributed by atoms with Gasteiger partial charge in [-0.2, -0.15) is 26.3 Å². The predicted molar refractivity (Wildman–Crippen MR) is 43.3 cm³/mol. The van der Waals surface area contributed by atoms with Gasteiger partial charge >= 0.3 is 85.8 Å². The molecule has 0 radical (unpaired) electrons. The van der Waals surface area contributed by atoms with Crippen molar-refractivity contribution in [3.05, 3.63) is 0 Å². The van der Waals surface area contributed by atoms with Crippen LogP contribution in [0.15, 0.2) is 0 Å². The number of nitriles is 5. The Balaban J connectivity index is -0.000000580. The number of hydrogen-bond donors (Lipinski definition) is 1. The van der Waals surface area contributed by atoms with Crippen LogP contribution >= 0.6 is 0 Å². The van der Waals surface area contributed by atoms with E-state index in [1.807, 2.05) is 0 Å². The van der Waals surface area contributed by atoms with Crippen molar-refractivity contribution in [3.8, 4) is 30.3 Å². The SMILES string of the molecule is N#CC(C#N)OC(=O)C(C#N)(C#N)C#N.[K+].[O]=[Co-][OH]. The Bertz CT molecular complexity index is 482. The molecule has 0 aromatic heterocycles. The van der Waals surface area contributed by atoms with Gasteiger partial charge in [0.2, 0.25) is 0 Å². The van der Waals surface area contributed by atoms with E-state index in [-0.39, 0.29) is 51.4 Å². The Hall–Kier alpha value is -1.18. The molecule has 0 saturated heterocycles. The summed E-state index contributed by atoms with van der Waals surface area (Å²) in [4.78, 5) is 11.1. The van der Waals surface area contributed by atoms with E-state index in [0.29, 0.717) is 0 Å². The van der Waals surface area contributed by atoms with E-state index in [4.69, 9.17) is 34.4 Å². The molecule has 0 saturated carbocycles. The second-order valence-corrected chi connectivity index (χ2v) is 2.38. The first kappa shape index (κ1) is 23.0. The molecule has 1 N–H and O–H groups in total. The zero-order valence-corrected chi connectivity index (χ0v) is 13.5. The third-order valence-electron chi connectivity index (χ3n) is 1.27. The van der Waals surface area contributed by atoms with Gasteiger partial charge in [0.05, 0.1) is 0 Å². The van der Waals surface area contributed by atoms with E-state index in [2.05, 4.69) is 4.74 Å². The zero-order chi connectivity index (χ0) is 14.6. The molecule has 0 unspecified atom stereocenters. The monoisotopic (exact) mass is 330 g/mol. The molecular weight excluding hydrogens is 328 g/mol. The maximum atomic E-state index is 11.1. The molecule has 0 spiro atoms. The average Bonchev–Trinajstić information content (AvgIpc) is 2.39. The van der Waals surface area contributed by atoms with Gasteiger partial charge in [0.15, 0.2) is 0 Å². The molecule has 11 heteroatoms. The van der Waals surface area contributed by atoms with Crippen molar-refractivity contribution < 1.29 is 84.0 Å². The fourth-order valence-electron chi connectivity index (χ4n) is 0.489. The molecule has 0 aromatic rings. The number of carbonyl (C=O) groups excluding carboxylic acids is 1. The van der Waals surface area contributed by atoms with Gasteiger partial charge in [-0.1, -0.05) is 0 Å². The summed E-state index contributed by atoms with van der Waals surface area (Å²) in [7, 11) is 0. The second kappa shape index (κ2) is 13.3. The Morgan fingerprint density at radius 1 is 1.11 bits per heavy atom. The quantitative estimate of drug-likeness (QED) is 0.387. The number of ether oxygens (including phenoxy) is 1. The van der Waals surface area contributed by atoms with Gasteiger partial charge < -0.3 is 4.74 Å². The van der Waals surface area contributed by atoms with Crippen molar-refractivity contribution in [2.45, 2.75) is 6.10 Å². The van der Waals surface area contributed by atoms with Gasteiger partial charge in [0, 0.05) is 0 Å². The first-order valence-corrected chi connectivity index (χ1v) is 4.52. The van der Waals surface area contributed by atoms with Gasteiger partial charge in [-0.3, -0.25) is 0 Å². The third kappa shape index (κ3) is 7.76. The molecule has 0 aliphatic heterocycles. The van der Waals surface area contributed by atoms with Crippen LogP contribution in [0.3, 0.4) is 0 Å². The van der Waals surface area contributed by atoms with E-state index in [1.165, 1.54) is 12.1 Å². The molecule has 0 aliphatic carbocycles. The van der Waals surface area contributed by atoms with Crippen LogP contribution in [0.5, 0.6) is 0 Å².